The number of anilines is 2. The third-order valence-corrected chi connectivity index (χ3v) is 1.24. The second-order valence-electron chi connectivity index (χ2n) is 1.83. The lowest BCUT2D eigenvalue weighted by atomic mass is 10.4. The quantitative estimate of drug-likeness (QED) is 0.537. The second kappa shape index (κ2) is 1.62. The van der Waals surface area contributed by atoms with Crippen molar-refractivity contribution in [1.82, 2.24) is 4.98 Å². The van der Waals surface area contributed by atoms with Gasteiger partial charge in [0.05, 0.1) is 5.69 Å². The molecule has 0 amide bonds. The standard InChI is InChI=1S/C6H6N3/c1-2-5-6(7-3-1)9-4-8-5/h1-4,8H,(H,7,9). The largest absolute Gasteiger partial charge is 0.359 e. The van der Waals surface area contributed by atoms with E-state index in [1.165, 1.54) is 0 Å². The van der Waals surface area contributed by atoms with E-state index in [0.717, 1.165) is 11.5 Å². The first-order valence-electron chi connectivity index (χ1n) is 2.76. The number of fused-ring (bicyclic) bond motifs is 1. The van der Waals surface area contributed by atoms with Gasteiger partial charge in [-0.2, -0.15) is 0 Å². The highest BCUT2D eigenvalue weighted by molar-refractivity contribution is 5.70. The fraction of sp³-hybridized carbons (Fsp3) is 0. The van der Waals surface area contributed by atoms with Gasteiger partial charge in [0.25, 0.3) is 0 Å². The van der Waals surface area contributed by atoms with Gasteiger partial charge < -0.3 is 10.6 Å². The molecule has 1 aromatic rings. The third-order valence-electron chi connectivity index (χ3n) is 1.24. The molecule has 0 saturated heterocycles. The Morgan fingerprint density at radius 2 is 2.33 bits per heavy atom. The Kier molecular flexibility index (Phi) is 0.828. The molecule has 1 aliphatic heterocycles. The molecule has 2 N–H and O–H groups in total. The van der Waals surface area contributed by atoms with E-state index in [4.69, 9.17) is 0 Å². The molecule has 3 heteroatoms. The summed E-state index contributed by atoms with van der Waals surface area (Å²) < 4.78 is 0. The van der Waals surface area contributed by atoms with Crippen LogP contribution in [0.1, 0.15) is 0 Å². The van der Waals surface area contributed by atoms with Crippen molar-refractivity contribution in [2.75, 3.05) is 10.6 Å². The lowest BCUT2D eigenvalue weighted by Crippen LogP contribution is -1.90. The van der Waals surface area contributed by atoms with E-state index in [9.17, 15) is 0 Å². The fourth-order valence-corrected chi connectivity index (χ4v) is 0.819. The number of hydrogen-bond acceptors (Lipinski definition) is 3. The summed E-state index contributed by atoms with van der Waals surface area (Å²) in [6, 6.07) is 3.87. The third kappa shape index (κ3) is 0.614. The van der Waals surface area contributed by atoms with Crippen LogP contribution in [0.5, 0.6) is 0 Å². The lowest BCUT2D eigenvalue weighted by molar-refractivity contribution is 1.33. The van der Waals surface area contributed by atoms with Crippen molar-refractivity contribution in [2.45, 2.75) is 0 Å². The van der Waals surface area contributed by atoms with E-state index >= 15 is 0 Å². The molecule has 1 radical (unpaired) electrons. The van der Waals surface area contributed by atoms with Crippen LogP contribution in [-0.2, 0) is 0 Å². The maximum Gasteiger partial charge on any atom is 0.151 e. The summed E-state index contributed by atoms with van der Waals surface area (Å²) in [6.07, 6.45) is 1.76. The van der Waals surface area contributed by atoms with Crippen LogP contribution in [0.15, 0.2) is 18.3 Å². The Balaban J connectivity index is 2.54. The van der Waals surface area contributed by atoms with Crippen LogP contribution in [0.3, 0.4) is 0 Å². The Bertz CT molecular complexity index is 198. The van der Waals surface area contributed by atoms with Crippen LogP contribution in [0.2, 0.25) is 0 Å². The van der Waals surface area contributed by atoms with Crippen LogP contribution in [0, 0.1) is 6.67 Å². The summed E-state index contributed by atoms with van der Waals surface area (Å²) in [5, 5.41) is 5.95. The Hall–Kier alpha value is -1.25. The Labute approximate surface area is 53.1 Å². The minimum atomic E-state index is 0.900. The first-order valence-corrected chi connectivity index (χ1v) is 2.76. The van der Waals surface area contributed by atoms with E-state index in [-0.39, 0.29) is 0 Å². The summed E-state index contributed by atoms with van der Waals surface area (Å²) in [4.78, 5) is 4.05. The molecule has 0 aromatic carbocycles. The zero-order valence-electron chi connectivity index (χ0n) is 4.76. The van der Waals surface area contributed by atoms with Crippen molar-refractivity contribution < 1.29 is 0 Å². The smallest absolute Gasteiger partial charge is 0.151 e. The van der Waals surface area contributed by atoms with Gasteiger partial charge in [-0.05, 0) is 12.1 Å². The van der Waals surface area contributed by atoms with Crippen LogP contribution in [-0.4, -0.2) is 4.98 Å². The average molecular weight is 120 g/mol. The van der Waals surface area contributed by atoms with Crippen LogP contribution < -0.4 is 10.6 Å². The lowest BCUT2D eigenvalue weighted by Gasteiger charge is -1.91. The van der Waals surface area contributed by atoms with Gasteiger partial charge in [0.15, 0.2) is 5.82 Å². The average Bonchev–Trinajstić information content (AvgIpc) is 2.33. The minimum absolute atomic E-state index is 0.900. The van der Waals surface area contributed by atoms with Gasteiger partial charge in [0.2, 0.25) is 0 Å². The van der Waals surface area contributed by atoms with Gasteiger partial charge in [-0.15, -0.1) is 0 Å². The van der Waals surface area contributed by atoms with Crippen molar-refractivity contribution in [2.24, 2.45) is 0 Å². The molecule has 0 spiro atoms. The summed E-state index contributed by atoms with van der Waals surface area (Å²) in [5.41, 5.74) is 1.04. The monoisotopic (exact) mass is 120 g/mol. The van der Waals surface area contributed by atoms with Crippen molar-refractivity contribution in [3.05, 3.63) is 25.0 Å². The highest BCUT2D eigenvalue weighted by Gasteiger charge is 2.07. The SMILES string of the molecule is [CH]1Nc2cccnc2N1. The van der Waals surface area contributed by atoms with Crippen LogP contribution >= 0.6 is 0 Å². The first kappa shape index (κ1) is 4.61. The number of nitrogens with one attached hydrogen (secondary N) is 2. The van der Waals surface area contributed by atoms with Crippen molar-refractivity contribution in [3.8, 4) is 0 Å². The van der Waals surface area contributed by atoms with E-state index in [1.807, 2.05) is 12.1 Å². The number of rotatable bonds is 0. The molecule has 0 unspecified atom stereocenters. The summed E-state index contributed by atoms with van der Waals surface area (Å²) >= 11 is 0. The molecule has 3 nitrogen and oxygen atoms in total. The predicted octanol–water partition coefficient (Wildman–Crippen LogP) is 1.04. The van der Waals surface area contributed by atoms with Crippen molar-refractivity contribution in [1.29, 1.82) is 0 Å². The van der Waals surface area contributed by atoms with Crippen molar-refractivity contribution >= 4 is 11.5 Å². The van der Waals surface area contributed by atoms with Gasteiger partial charge in [-0.3, -0.25) is 0 Å². The molecule has 45 valence electrons. The molecular formula is C6H6N3. The molecule has 0 aliphatic carbocycles. The highest BCUT2D eigenvalue weighted by atomic mass is 15.2. The zero-order valence-corrected chi connectivity index (χ0v) is 4.76. The Morgan fingerprint density at radius 3 is 3.22 bits per heavy atom. The minimum Gasteiger partial charge on any atom is -0.359 e. The maximum absolute atomic E-state index is 4.05. The van der Waals surface area contributed by atoms with E-state index in [2.05, 4.69) is 15.6 Å². The fourth-order valence-electron chi connectivity index (χ4n) is 0.819. The van der Waals surface area contributed by atoms with E-state index in [0.29, 0.717) is 0 Å². The second-order valence-corrected chi connectivity index (χ2v) is 1.83. The van der Waals surface area contributed by atoms with Crippen LogP contribution in [0.4, 0.5) is 11.5 Å². The summed E-state index contributed by atoms with van der Waals surface area (Å²) in [7, 11) is 0. The van der Waals surface area contributed by atoms with Gasteiger partial charge in [0, 0.05) is 6.20 Å². The number of aromatic nitrogens is 1. The molecule has 2 rings (SSSR count). The topological polar surface area (TPSA) is 37.0 Å². The van der Waals surface area contributed by atoms with Crippen molar-refractivity contribution in [3.63, 3.8) is 0 Å². The predicted molar refractivity (Wildman–Crippen MR) is 35.8 cm³/mol. The number of hydrogen-bond donors (Lipinski definition) is 2. The molecule has 0 saturated carbocycles. The van der Waals surface area contributed by atoms with Crippen LogP contribution in [0.25, 0.3) is 0 Å². The molecule has 0 fully saturated rings. The summed E-state index contributed by atoms with van der Waals surface area (Å²) in [6.45, 7) is 1.76. The molecule has 2 heterocycles. The molecule has 1 aliphatic rings. The normalized spacial score (nSPS) is 13.8. The summed E-state index contributed by atoms with van der Waals surface area (Å²) in [5.74, 6) is 0.900. The molecule has 9 heavy (non-hydrogen) atoms. The van der Waals surface area contributed by atoms with Gasteiger partial charge in [-0.25, -0.2) is 4.98 Å². The van der Waals surface area contributed by atoms with Gasteiger partial charge >= 0.3 is 0 Å². The molecule has 0 bridgehead atoms. The first-order chi connectivity index (χ1) is 4.47. The maximum atomic E-state index is 4.05. The van der Waals surface area contributed by atoms with E-state index < -0.39 is 0 Å². The Morgan fingerprint density at radius 1 is 1.33 bits per heavy atom. The van der Waals surface area contributed by atoms with Gasteiger partial charge in [0.1, 0.15) is 6.67 Å². The molecule has 0 atom stereocenters. The van der Waals surface area contributed by atoms with Gasteiger partial charge in [-0.1, -0.05) is 0 Å². The zero-order chi connectivity index (χ0) is 6.10. The highest BCUT2D eigenvalue weighted by Crippen LogP contribution is 2.22. The molecular weight excluding hydrogens is 114 g/mol. The number of nitrogens with zero attached hydrogens (tertiary/aromatic N) is 1. The van der Waals surface area contributed by atoms with E-state index in [1.54, 1.807) is 12.9 Å². The number of pyridine rings is 1. The molecule has 1 aromatic heterocycles.